The van der Waals surface area contributed by atoms with Crippen LogP contribution in [0.3, 0.4) is 0 Å². The van der Waals surface area contributed by atoms with Crippen molar-refractivity contribution in [3.63, 3.8) is 0 Å². The molecule has 236 valence electrons. The second kappa shape index (κ2) is 12.7. The summed E-state index contributed by atoms with van der Waals surface area (Å²) in [6.07, 6.45) is 2.39. The highest BCUT2D eigenvalue weighted by Crippen LogP contribution is 2.56. The fourth-order valence-corrected chi connectivity index (χ4v) is 10.1. The van der Waals surface area contributed by atoms with E-state index in [1.54, 1.807) is 11.8 Å². The van der Waals surface area contributed by atoms with E-state index in [2.05, 4.69) is 0 Å². The van der Waals surface area contributed by atoms with Crippen LogP contribution in [-0.2, 0) is 24.1 Å². The molecule has 2 aromatic rings. The highest BCUT2D eigenvalue weighted by Gasteiger charge is 2.61. The molecular weight excluding hydrogens is 620 g/mol. The molecule has 5 rings (SSSR count). The van der Waals surface area contributed by atoms with Crippen LogP contribution in [0.25, 0.3) is 0 Å². The summed E-state index contributed by atoms with van der Waals surface area (Å²) in [7, 11) is -4.26. The van der Waals surface area contributed by atoms with E-state index < -0.39 is 43.8 Å². The minimum absolute atomic E-state index is 0.0204. The van der Waals surface area contributed by atoms with E-state index in [1.165, 1.54) is 24.3 Å². The van der Waals surface area contributed by atoms with Crippen LogP contribution in [0.2, 0.25) is 5.02 Å². The molecule has 1 amide bonds. The Morgan fingerprint density at radius 1 is 1.14 bits per heavy atom. The number of hydrogen-bond donors (Lipinski definition) is 0. The van der Waals surface area contributed by atoms with Gasteiger partial charge in [0.05, 0.1) is 23.2 Å². The number of likely N-dealkylation sites (tertiary alicyclic amines) is 1. The first-order chi connectivity index (χ1) is 20.3. The highest BCUT2D eigenvalue weighted by molar-refractivity contribution is 7.99. The van der Waals surface area contributed by atoms with Crippen molar-refractivity contribution in [3.8, 4) is 5.75 Å². The Hall–Kier alpha value is -2.08. The van der Waals surface area contributed by atoms with E-state index in [0.717, 1.165) is 31.4 Å². The number of carbonyl (C=O) groups excluding carboxylic acids is 1. The summed E-state index contributed by atoms with van der Waals surface area (Å²) in [6, 6.07) is 7.69. The molecule has 12 heteroatoms. The van der Waals surface area contributed by atoms with Gasteiger partial charge in [-0.05, 0) is 95.0 Å². The lowest BCUT2D eigenvalue weighted by Gasteiger charge is -2.50. The summed E-state index contributed by atoms with van der Waals surface area (Å²) < 4.78 is 75.2. The zero-order valence-corrected chi connectivity index (χ0v) is 27.0. The van der Waals surface area contributed by atoms with E-state index in [9.17, 15) is 17.6 Å². The Morgan fingerprint density at radius 2 is 1.86 bits per heavy atom. The van der Waals surface area contributed by atoms with Crippen LogP contribution in [0.1, 0.15) is 58.4 Å². The molecule has 0 spiro atoms. The van der Waals surface area contributed by atoms with Gasteiger partial charge < -0.3 is 19.1 Å². The SMILES string of the molecule is CC(C)(C)OC(=O)N1CCCC[C@@H]1CSCC[C@@H]1OCC[C@@]2(S(=O)(=O)c3ccc(Cl)cc3)c3c(F)ccc(F)c3OC[C@@H]12. The van der Waals surface area contributed by atoms with Crippen LogP contribution >= 0.6 is 23.4 Å². The lowest BCUT2D eigenvalue weighted by atomic mass is 9.75. The molecule has 7 nitrogen and oxygen atoms in total. The summed E-state index contributed by atoms with van der Waals surface area (Å²) in [5.41, 5.74) is -0.846. The van der Waals surface area contributed by atoms with Crippen molar-refractivity contribution < 1.29 is 36.2 Å². The third-order valence-corrected chi connectivity index (χ3v) is 12.4. The van der Waals surface area contributed by atoms with Crippen molar-refractivity contribution in [2.75, 3.05) is 31.3 Å². The van der Waals surface area contributed by atoms with Gasteiger partial charge in [-0.1, -0.05) is 11.6 Å². The number of rotatable bonds is 7. The number of halogens is 3. The standard InChI is InChI=1S/C31H38ClF2NO6S2/c1-30(2,3)41-29(36)35-15-5-4-6-21(35)19-42-17-13-26-23-18-40-28-25(34)12-11-24(33)27(28)31(23,14-16-39-26)43(37,38)22-9-7-20(32)8-10-22/h7-12,21,23,26H,4-6,13-19H2,1-3H3/t21-,23+,26+,31+/m1/s1. The molecule has 3 heterocycles. The number of nitrogens with zero attached hydrogens (tertiary/aromatic N) is 1. The normalized spacial score (nSPS) is 25.8. The Morgan fingerprint density at radius 3 is 2.58 bits per heavy atom. The minimum Gasteiger partial charge on any atom is -0.490 e. The number of benzene rings is 2. The third kappa shape index (κ3) is 6.37. The fourth-order valence-electron chi connectivity index (χ4n) is 6.49. The summed E-state index contributed by atoms with van der Waals surface area (Å²) in [5, 5.41) is 0.364. The Kier molecular flexibility index (Phi) is 9.57. The van der Waals surface area contributed by atoms with Gasteiger partial charge in [-0.25, -0.2) is 22.0 Å². The number of sulfone groups is 1. The molecule has 2 saturated heterocycles. The van der Waals surface area contributed by atoms with Crippen LogP contribution in [0.4, 0.5) is 13.6 Å². The molecule has 4 atom stereocenters. The van der Waals surface area contributed by atoms with E-state index >= 15 is 4.39 Å². The van der Waals surface area contributed by atoms with Crippen LogP contribution < -0.4 is 4.74 Å². The average molecular weight is 658 g/mol. The largest absolute Gasteiger partial charge is 0.490 e. The monoisotopic (exact) mass is 657 g/mol. The van der Waals surface area contributed by atoms with Gasteiger partial charge in [0, 0.05) is 35.9 Å². The first-order valence-electron chi connectivity index (χ1n) is 14.7. The first-order valence-corrected chi connectivity index (χ1v) is 17.7. The van der Waals surface area contributed by atoms with Crippen LogP contribution in [0.5, 0.6) is 5.75 Å². The zero-order chi connectivity index (χ0) is 31.0. The lowest BCUT2D eigenvalue weighted by molar-refractivity contribution is -0.0731. The second-order valence-electron chi connectivity index (χ2n) is 12.3. The van der Waals surface area contributed by atoms with Gasteiger partial charge in [0.25, 0.3) is 0 Å². The summed E-state index contributed by atoms with van der Waals surface area (Å²) in [6.45, 7) is 6.13. The smallest absolute Gasteiger partial charge is 0.410 e. The molecule has 0 aliphatic carbocycles. The molecule has 0 saturated carbocycles. The van der Waals surface area contributed by atoms with Gasteiger partial charge in [0.15, 0.2) is 21.4 Å². The number of thioether (sulfide) groups is 1. The summed E-state index contributed by atoms with van der Waals surface area (Å²) in [5.74, 6) is -1.45. The molecule has 2 aromatic carbocycles. The predicted octanol–water partition coefficient (Wildman–Crippen LogP) is 7.00. The molecule has 3 aliphatic rings. The fraction of sp³-hybridized carbons (Fsp3) is 0.581. The number of fused-ring (bicyclic) bond motifs is 3. The van der Waals surface area contributed by atoms with Crippen molar-refractivity contribution >= 4 is 39.3 Å². The van der Waals surface area contributed by atoms with Crippen molar-refractivity contribution in [1.29, 1.82) is 0 Å². The second-order valence-corrected chi connectivity index (χ2v) is 16.1. The number of carbonyl (C=O) groups is 1. The maximum Gasteiger partial charge on any atom is 0.410 e. The predicted molar refractivity (Wildman–Crippen MR) is 163 cm³/mol. The molecule has 43 heavy (non-hydrogen) atoms. The molecule has 0 unspecified atom stereocenters. The zero-order valence-electron chi connectivity index (χ0n) is 24.6. The first kappa shape index (κ1) is 32.3. The lowest BCUT2D eigenvalue weighted by Crippen LogP contribution is -2.57. The van der Waals surface area contributed by atoms with Gasteiger partial charge in [0.1, 0.15) is 16.2 Å². The van der Waals surface area contributed by atoms with Crippen molar-refractivity contribution in [1.82, 2.24) is 4.90 Å². The molecule has 0 N–H and O–H groups in total. The molecule has 3 aliphatic heterocycles. The van der Waals surface area contributed by atoms with Crippen LogP contribution in [0.15, 0.2) is 41.3 Å². The van der Waals surface area contributed by atoms with Crippen LogP contribution in [-0.4, -0.2) is 68.4 Å². The number of ether oxygens (including phenoxy) is 3. The van der Waals surface area contributed by atoms with E-state index in [-0.39, 0.29) is 48.0 Å². The quantitative estimate of drug-likeness (QED) is 0.297. The van der Waals surface area contributed by atoms with Gasteiger partial charge in [-0.2, -0.15) is 11.8 Å². The van der Waals surface area contributed by atoms with Gasteiger partial charge in [-0.3, -0.25) is 0 Å². The Bertz CT molecular complexity index is 1430. The van der Waals surface area contributed by atoms with E-state index in [1.807, 2.05) is 25.7 Å². The molecular formula is C31H38ClF2NO6S2. The minimum atomic E-state index is -4.26. The summed E-state index contributed by atoms with van der Waals surface area (Å²) >= 11 is 7.70. The molecule has 0 aromatic heterocycles. The maximum absolute atomic E-state index is 15.6. The topological polar surface area (TPSA) is 82.1 Å². The van der Waals surface area contributed by atoms with Gasteiger partial charge in [-0.15, -0.1) is 0 Å². The highest BCUT2D eigenvalue weighted by atomic mass is 35.5. The van der Waals surface area contributed by atoms with E-state index in [4.69, 9.17) is 25.8 Å². The number of piperidine rings is 1. The Labute approximate surface area is 261 Å². The van der Waals surface area contributed by atoms with E-state index in [0.29, 0.717) is 29.5 Å². The van der Waals surface area contributed by atoms with Gasteiger partial charge in [0.2, 0.25) is 0 Å². The van der Waals surface area contributed by atoms with Crippen LogP contribution in [0, 0.1) is 17.6 Å². The summed E-state index contributed by atoms with van der Waals surface area (Å²) in [4.78, 5) is 14.6. The van der Waals surface area contributed by atoms with Crippen molar-refractivity contribution in [3.05, 3.63) is 58.6 Å². The Balaban J connectivity index is 1.37. The van der Waals surface area contributed by atoms with Crippen molar-refractivity contribution in [2.24, 2.45) is 5.92 Å². The maximum atomic E-state index is 15.6. The average Bonchev–Trinajstić information content (AvgIpc) is 2.96. The molecule has 2 fully saturated rings. The number of hydrogen-bond acceptors (Lipinski definition) is 7. The van der Waals surface area contributed by atoms with Gasteiger partial charge >= 0.3 is 6.09 Å². The molecule has 0 bridgehead atoms. The third-order valence-electron chi connectivity index (χ3n) is 8.46. The van der Waals surface area contributed by atoms with Crippen molar-refractivity contribution in [2.45, 2.75) is 80.3 Å². The molecule has 0 radical (unpaired) electrons. The number of amides is 1.